The van der Waals surface area contributed by atoms with Crippen LogP contribution in [0.5, 0.6) is 0 Å². The number of ether oxygens (including phenoxy) is 6. The molecule has 4 fully saturated rings. The average Bonchev–Trinajstić information content (AvgIpc) is 3.25. The Balaban J connectivity index is 1.11. The van der Waals surface area contributed by atoms with Crippen LogP contribution in [0.3, 0.4) is 0 Å². The average molecular weight is 565 g/mol. The number of rotatable bonds is 9. The van der Waals surface area contributed by atoms with Crippen molar-refractivity contribution in [2.75, 3.05) is 13.2 Å². The minimum atomic E-state index is -0.448. The van der Waals surface area contributed by atoms with Gasteiger partial charge >= 0.3 is 0 Å². The summed E-state index contributed by atoms with van der Waals surface area (Å²) in [7, 11) is 0. The lowest BCUT2D eigenvalue weighted by molar-refractivity contribution is -0.298. The number of fused-ring (bicyclic) bond motifs is 3. The molecule has 4 aliphatic heterocycles. The second-order valence-electron chi connectivity index (χ2n) is 12.3. The number of Topliss-reactive ketones (excluding diaryl/α,β-unsaturated/α-hetero) is 1. The standard InChI is InChI=1S/C34H44O7/c1-34-17-16-28-29(15-14-26(35)23-38-28)40-32(34)20-31-33(41-34)30(37-22-25-11-6-3-7-12-25)19-27(39-31)13-8-18-36-21-24-9-4-2-5-10-24/h2-7,9-12,27-33H,8,13-23H2,1H3/t27-,28+,29-,30+,31-,32+,33+,34-/m1/s1. The molecular formula is C34H44O7. The second kappa shape index (κ2) is 13.4. The molecule has 0 radical (unpaired) electrons. The third-order valence-electron chi connectivity index (χ3n) is 9.21. The molecule has 0 N–H and O–H groups in total. The van der Waals surface area contributed by atoms with Crippen LogP contribution in [0.2, 0.25) is 0 Å². The maximum atomic E-state index is 12.0. The maximum Gasteiger partial charge on any atom is 0.158 e. The van der Waals surface area contributed by atoms with Gasteiger partial charge in [0.15, 0.2) is 5.78 Å². The molecule has 0 aliphatic carbocycles. The lowest BCUT2D eigenvalue weighted by Gasteiger charge is -2.52. The first kappa shape index (κ1) is 29.0. The van der Waals surface area contributed by atoms with Gasteiger partial charge in [0.25, 0.3) is 0 Å². The molecule has 0 spiro atoms. The zero-order valence-corrected chi connectivity index (χ0v) is 24.2. The zero-order valence-electron chi connectivity index (χ0n) is 24.2. The van der Waals surface area contributed by atoms with Gasteiger partial charge in [0.2, 0.25) is 0 Å². The smallest absolute Gasteiger partial charge is 0.158 e. The fourth-order valence-corrected chi connectivity index (χ4v) is 6.86. The van der Waals surface area contributed by atoms with Crippen LogP contribution in [-0.4, -0.2) is 67.3 Å². The predicted octanol–water partition coefficient (Wildman–Crippen LogP) is 5.57. The number of carbonyl (C=O) groups excluding carboxylic acids is 1. The summed E-state index contributed by atoms with van der Waals surface area (Å²) in [6.45, 7) is 4.23. The molecule has 7 heteroatoms. The van der Waals surface area contributed by atoms with Crippen LogP contribution in [0.4, 0.5) is 0 Å². The first-order valence-corrected chi connectivity index (χ1v) is 15.4. The molecule has 222 valence electrons. The van der Waals surface area contributed by atoms with E-state index >= 15 is 0 Å². The van der Waals surface area contributed by atoms with Crippen molar-refractivity contribution in [2.24, 2.45) is 0 Å². The Morgan fingerprint density at radius 3 is 2.41 bits per heavy atom. The number of hydrogen-bond donors (Lipinski definition) is 0. The molecule has 2 aromatic carbocycles. The Morgan fingerprint density at radius 2 is 1.63 bits per heavy atom. The first-order chi connectivity index (χ1) is 20.1. The van der Waals surface area contributed by atoms with Crippen molar-refractivity contribution in [1.82, 2.24) is 0 Å². The topological polar surface area (TPSA) is 72.5 Å². The SMILES string of the molecule is C[C@@]12CC[C@@H]3OCC(=O)CC[C@H]3O[C@H]1C[C@H]1O[C@H](CCCOCc3ccccc3)C[C@H](OCc3ccccc3)[C@@H]1O2. The van der Waals surface area contributed by atoms with Gasteiger partial charge in [0, 0.05) is 25.9 Å². The summed E-state index contributed by atoms with van der Waals surface area (Å²) < 4.78 is 38.9. The molecule has 8 atom stereocenters. The van der Waals surface area contributed by atoms with Gasteiger partial charge in [-0.25, -0.2) is 0 Å². The third-order valence-corrected chi connectivity index (χ3v) is 9.21. The second-order valence-corrected chi connectivity index (χ2v) is 12.3. The van der Waals surface area contributed by atoms with Crippen LogP contribution in [0.25, 0.3) is 0 Å². The van der Waals surface area contributed by atoms with Gasteiger partial charge in [0.1, 0.15) is 12.7 Å². The van der Waals surface area contributed by atoms with E-state index in [1.165, 1.54) is 5.56 Å². The fraction of sp³-hybridized carbons (Fsp3) is 0.618. The van der Waals surface area contributed by atoms with E-state index in [9.17, 15) is 4.79 Å². The Hall–Kier alpha value is -2.13. The molecular weight excluding hydrogens is 520 g/mol. The van der Waals surface area contributed by atoms with Gasteiger partial charge in [-0.3, -0.25) is 4.79 Å². The molecule has 0 amide bonds. The molecule has 0 unspecified atom stereocenters. The molecule has 2 aromatic rings. The Kier molecular flexibility index (Phi) is 9.50. The fourth-order valence-electron chi connectivity index (χ4n) is 6.86. The number of hydrogen-bond acceptors (Lipinski definition) is 7. The van der Waals surface area contributed by atoms with Crippen molar-refractivity contribution < 1.29 is 33.2 Å². The van der Waals surface area contributed by atoms with E-state index in [0.29, 0.717) is 32.7 Å². The maximum absolute atomic E-state index is 12.0. The summed E-state index contributed by atoms with van der Waals surface area (Å²) in [4.78, 5) is 12.0. The van der Waals surface area contributed by atoms with Crippen LogP contribution in [0.15, 0.2) is 60.7 Å². The van der Waals surface area contributed by atoms with Gasteiger partial charge in [-0.1, -0.05) is 60.7 Å². The molecule has 0 bridgehead atoms. The molecule has 0 aromatic heterocycles. The monoisotopic (exact) mass is 564 g/mol. The summed E-state index contributed by atoms with van der Waals surface area (Å²) in [6, 6.07) is 20.6. The Bertz CT molecular complexity index is 1110. The Morgan fingerprint density at radius 1 is 0.878 bits per heavy atom. The van der Waals surface area contributed by atoms with E-state index in [0.717, 1.165) is 44.1 Å². The van der Waals surface area contributed by atoms with E-state index in [1.54, 1.807) is 0 Å². The Labute approximate surface area is 243 Å². The van der Waals surface area contributed by atoms with Crippen molar-refractivity contribution in [1.29, 1.82) is 0 Å². The third kappa shape index (κ3) is 7.27. The van der Waals surface area contributed by atoms with Gasteiger partial charge in [0.05, 0.1) is 55.4 Å². The van der Waals surface area contributed by atoms with Crippen LogP contribution >= 0.6 is 0 Å². The first-order valence-electron chi connectivity index (χ1n) is 15.4. The van der Waals surface area contributed by atoms with Crippen molar-refractivity contribution in [2.45, 2.75) is 120 Å². The molecule has 41 heavy (non-hydrogen) atoms. The normalized spacial score (nSPS) is 35.4. The van der Waals surface area contributed by atoms with Crippen molar-refractivity contribution in [3.63, 3.8) is 0 Å². The summed E-state index contributed by atoms with van der Waals surface area (Å²) >= 11 is 0. The summed E-state index contributed by atoms with van der Waals surface area (Å²) in [6.07, 6.45) is 5.73. The van der Waals surface area contributed by atoms with Gasteiger partial charge in [-0.2, -0.15) is 0 Å². The van der Waals surface area contributed by atoms with Crippen molar-refractivity contribution in [3.05, 3.63) is 71.8 Å². The molecule has 0 saturated carbocycles. The molecule has 4 heterocycles. The molecule has 4 aliphatic rings. The summed E-state index contributed by atoms with van der Waals surface area (Å²) in [5.41, 5.74) is 1.90. The van der Waals surface area contributed by atoms with Crippen LogP contribution < -0.4 is 0 Å². The highest BCUT2D eigenvalue weighted by Crippen LogP contribution is 2.45. The minimum Gasteiger partial charge on any atom is -0.377 e. The van der Waals surface area contributed by atoms with Crippen LogP contribution in [-0.2, 0) is 46.4 Å². The van der Waals surface area contributed by atoms with Crippen molar-refractivity contribution in [3.8, 4) is 0 Å². The highest BCUT2D eigenvalue weighted by molar-refractivity contribution is 5.79. The predicted molar refractivity (Wildman–Crippen MR) is 153 cm³/mol. The minimum absolute atomic E-state index is 0.0652. The van der Waals surface area contributed by atoms with E-state index in [1.807, 2.05) is 36.4 Å². The van der Waals surface area contributed by atoms with E-state index in [-0.39, 0.29) is 55.1 Å². The summed E-state index contributed by atoms with van der Waals surface area (Å²) in [5, 5.41) is 0. The van der Waals surface area contributed by atoms with Crippen molar-refractivity contribution >= 4 is 5.78 Å². The highest BCUT2D eigenvalue weighted by atomic mass is 16.6. The number of ketones is 1. The summed E-state index contributed by atoms with van der Waals surface area (Å²) in [5.74, 6) is 0.161. The number of benzene rings is 2. The van der Waals surface area contributed by atoms with E-state index < -0.39 is 5.60 Å². The lowest BCUT2D eigenvalue weighted by Crippen LogP contribution is -2.62. The molecule has 4 saturated heterocycles. The van der Waals surface area contributed by atoms with Gasteiger partial charge in [-0.15, -0.1) is 0 Å². The largest absolute Gasteiger partial charge is 0.377 e. The number of carbonyl (C=O) groups is 1. The zero-order chi connectivity index (χ0) is 28.1. The highest BCUT2D eigenvalue weighted by Gasteiger charge is 2.54. The lowest BCUT2D eigenvalue weighted by atomic mass is 9.81. The molecule has 6 rings (SSSR count). The van der Waals surface area contributed by atoms with Gasteiger partial charge < -0.3 is 28.4 Å². The van der Waals surface area contributed by atoms with Gasteiger partial charge in [-0.05, 0) is 50.2 Å². The van der Waals surface area contributed by atoms with Crippen LogP contribution in [0, 0.1) is 0 Å². The van der Waals surface area contributed by atoms with Crippen LogP contribution in [0.1, 0.15) is 69.4 Å². The molecule has 7 nitrogen and oxygen atoms in total. The van der Waals surface area contributed by atoms with E-state index in [2.05, 4.69) is 31.2 Å². The van der Waals surface area contributed by atoms with E-state index in [4.69, 9.17) is 28.4 Å². The quantitative estimate of drug-likeness (QED) is 0.369.